The molecule has 0 saturated carbocycles. The SMILES string of the molecule is O=C1C=C(c2ccc3ccccc3c2)CC(CC2=CCCC=C2)C1. The summed E-state index contributed by atoms with van der Waals surface area (Å²) in [5, 5.41) is 2.49. The molecule has 4 rings (SSSR count). The number of carbonyl (C=O) groups is 1. The molecule has 0 aromatic heterocycles. The zero-order chi connectivity index (χ0) is 16.4. The molecule has 0 amide bonds. The Kier molecular flexibility index (Phi) is 4.17. The predicted octanol–water partition coefficient (Wildman–Crippen LogP) is 5.87. The molecular formula is C23H22O. The third kappa shape index (κ3) is 3.26. The van der Waals surface area contributed by atoms with Crippen molar-refractivity contribution in [2.24, 2.45) is 5.92 Å². The van der Waals surface area contributed by atoms with Gasteiger partial charge >= 0.3 is 0 Å². The quantitative estimate of drug-likeness (QED) is 0.692. The second-order valence-corrected chi connectivity index (χ2v) is 6.93. The highest BCUT2D eigenvalue weighted by atomic mass is 16.1. The van der Waals surface area contributed by atoms with Gasteiger partial charge in [-0.1, -0.05) is 60.2 Å². The molecule has 24 heavy (non-hydrogen) atoms. The molecule has 0 spiro atoms. The summed E-state index contributed by atoms with van der Waals surface area (Å²) < 4.78 is 0. The van der Waals surface area contributed by atoms with Crippen molar-refractivity contribution in [1.82, 2.24) is 0 Å². The second-order valence-electron chi connectivity index (χ2n) is 6.93. The summed E-state index contributed by atoms with van der Waals surface area (Å²) in [4.78, 5) is 12.2. The summed E-state index contributed by atoms with van der Waals surface area (Å²) >= 11 is 0. The van der Waals surface area contributed by atoms with Gasteiger partial charge in [0.2, 0.25) is 0 Å². The number of carbonyl (C=O) groups excluding carboxylic acids is 1. The number of hydrogen-bond donors (Lipinski definition) is 0. The van der Waals surface area contributed by atoms with Crippen molar-refractivity contribution in [1.29, 1.82) is 0 Å². The van der Waals surface area contributed by atoms with Crippen molar-refractivity contribution >= 4 is 22.1 Å². The highest BCUT2D eigenvalue weighted by Gasteiger charge is 2.22. The molecule has 0 aliphatic heterocycles. The minimum absolute atomic E-state index is 0.273. The van der Waals surface area contributed by atoms with Crippen LogP contribution in [0.15, 0.2) is 72.3 Å². The Hall–Kier alpha value is -2.41. The van der Waals surface area contributed by atoms with Gasteiger partial charge < -0.3 is 0 Å². The van der Waals surface area contributed by atoms with Crippen LogP contribution in [0.4, 0.5) is 0 Å². The van der Waals surface area contributed by atoms with Gasteiger partial charge in [-0.15, -0.1) is 0 Å². The molecule has 2 aromatic rings. The first-order chi connectivity index (χ1) is 11.8. The molecule has 120 valence electrons. The number of benzene rings is 2. The van der Waals surface area contributed by atoms with Crippen molar-refractivity contribution in [3.8, 4) is 0 Å². The third-order valence-corrected chi connectivity index (χ3v) is 5.05. The first kappa shape index (κ1) is 15.1. The van der Waals surface area contributed by atoms with E-state index in [1.165, 1.54) is 27.5 Å². The van der Waals surface area contributed by atoms with E-state index in [1.54, 1.807) is 0 Å². The summed E-state index contributed by atoms with van der Waals surface area (Å²) in [6.45, 7) is 0. The number of fused-ring (bicyclic) bond motifs is 1. The summed E-state index contributed by atoms with van der Waals surface area (Å²) in [5.74, 6) is 0.702. The molecule has 2 aromatic carbocycles. The molecule has 2 aliphatic rings. The molecule has 0 bridgehead atoms. The number of allylic oxidation sites excluding steroid dienone is 6. The monoisotopic (exact) mass is 314 g/mol. The number of ketones is 1. The Bertz CT molecular complexity index is 866. The summed E-state index contributed by atoms with van der Waals surface area (Å²) in [6, 6.07) is 14.9. The fraction of sp³-hybridized carbons (Fsp3) is 0.261. The van der Waals surface area contributed by atoms with Gasteiger partial charge in [-0.05, 0) is 65.7 Å². The van der Waals surface area contributed by atoms with E-state index >= 15 is 0 Å². The summed E-state index contributed by atoms with van der Waals surface area (Å²) in [6.07, 6.45) is 13.7. The first-order valence-electron chi connectivity index (χ1n) is 8.86. The first-order valence-corrected chi connectivity index (χ1v) is 8.86. The maximum Gasteiger partial charge on any atom is 0.156 e. The van der Waals surface area contributed by atoms with Crippen LogP contribution in [0.3, 0.4) is 0 Å². The molecule has 0 N–H and O–H groups in total. The zero-order valence-corrected chi connectivity index (χ0v) is 13.9. The van der Waals surface area contributed by atoms with E-state index in [0.29, 0.717) is 12.3 Å². The van der Waals surface area contributed by atoms with Crippen molar-refractivity contribution in [3.63, 3.8) is 0 Å². The molecule has 1 heteroatoms. The van der Waals surface area contributed by atoms with Gasteiger partial charge in [-0.25, -0.2) is 0 Å². The Morgan fingerprint density at radius 1 is 0.958 bits per heavy atom. The minimum atomic E-state index is 0.273. The Labute approximate surface area is 143 Å². The second kappa shape index (κ2) is 6.60. The average Bonchev–Trinajstić information content (AvgIpc) is 2.62. The number of rotatable bonds is 3. The van der Waals surface area contributed by atoms with Gasteiger partial charge in [0, 0.05) is 6.42 Å². The molecular weight excluding hydrogens is 292 g/mol. The average molecular weight is 314 g/mol. The molecule has 1 atom stereocenters. The van der Waals surface area contributed by atoms with Crippen molar-refractivity contribution < 1.29 is 4.79 Å². The van der Waals surface area contributed by atoms with E-state index in [0.717, 1.165) is 25.7 Å². The molecule has 1 nitrogen and oxygen atoms in total. The normalized spacial score (nSPS) is 20.8. The summed E-state index contributed by atoms with van der Waals surface area (Å²) in [7, 11) is 0. The standard InChI is InChI=1S/C23H22O/c24-23-14-18(12-17-6-2-1-3-7-17)13-22(16-23)21-11-10-19-8-4-5-9-20(19)15-21/h2,4-11,15-16,18H,1,3,12-14H2. The van der Waals surface area contributed by atoms with Crippen LogP contribution in [0.25, 0.3) is 16.3 Å². The fourth-order valence-electron chi connectivity index (χ4n) is 3.87. The maximum absolute atomic E-state index is 12.2. The molecule has 0 radical (unpaired) electrons. The predicted molar refractivity (Wildman–Crippen MR) is 101 cm³/mol. The van der Waals surface area contributed by atoms with Crippen LogP contribution in [0.5, 0.6) is 0 Å². The largest absolute Gasteiger partial charge is 0.295 e. The van der Waals surface area contributed by atoms with Gasteiger partial charge in [-0.3, -0.25) is 4.79 Å². The van der Waals surface area contributed by atoms with Gasteiger partial charge in [0.05, 0.1) is 0 Å². The van der Waals surface area contributed by atoms with Crippen LogP contribution in [0, 0.1) is 5.92 Å². The van der Waals surface area contributed by atoms with E-state index in [2.05, 4.69) is 60.7 Å². The molecule has 0 heterocycles. The fourth-order valence-corrected chi connectivity index (χ4v) is 3.87. The lowest BCUT2D eigenvalue weighted by Crippen LogP contribution is -2.14. The van der Waals surface area contributed by atoms with Gasteiger partial charge in [0.1, 0.15) is 0 Å². The maximum atomic E-state index is 12.2. The van der Waals surface area contributed by atoms with Crippen molar-refractivity contribution in [2.45, 2.75) is 32.1 Å². The van der Waals surface area contributed by atoms with E-state index in [9.17, 15) is 4.79 Å². The Morgan fingerprint density at radius 3 is 2.67 bits per heavy atom. The molecule has 0 saturated heterocycles. The molecule has 1 unspecified atom stereocenters. The van der Waals surface area contributed by atoms with Crippen LogP contribution in [0.1, 0.15) is 37.7 Å². The topological polar surface area (TPSA) is 17.1 Å². The van der Waals surface area contributed by atoms with Gasteiger partial charge in [0.25, 0.3) is 0 Å². The van der Waals surface area contributed by atoms with E-state index in [1.807, 2.05) is 6.08 Å². The highest BCUT2D eigenvalue weighted by Crippen LogP contribution is 2.34. The van der Waals surface area contributed by atoms with E-state index < -0.39 is 0 Å². The third-order valence-electron chi connectivity index (χ3n) is 5.05. The van der Waals surface area contributed by atoms with Gasteiger partial charge in [-0.2, -0.15) is 0 Å². The van der Waals surface area contributed by atoms with Crippen molar-refractivity contribution in [2.75, 3.05) is 0 Å². The van der Waals surface area contributed by atoms with Crippen LogP contribution >= 0.6 is 0 Å². The lowest BCUT2D eigenvalue weighted by molar-refractivity contribution is -0.115. The minimum Gasteiger partial charge on any atom is -0.295 e. The smallest absolute Gasteiger partial charge is 0.156 e. The van der Waals surface area contributed by atoms with Crippen LogP contribution in [-0.4, -0.2) is 5.78 Å². The number of hydrogen-bond acceptors (Lipinski definition) is 1. The van der Waals surface area contributed by atoms with E-state index in [-0.39, 0.29) is 5.78 Å². The Morgan fingerprint density at radius 2 is 1.83 bits per heavy atom. The lowest BCUT2D eigenvalue weighted by Gasteiger charge is -2.23. The van der Waals surface area contributed by atoms with Crippen LogP contribution in [0.2, 0.25) is 0 Å². The lowest BCUT2D eigenvalue weighted by atomic mass is 9.80. The summed E-state index contributed by atoms with van der Waals surface area (Å²) in [5.41, 5.74) is 3.79. The van der Waals surface area contributed by atoms with Crippen molar-refractivity contribution in [3.05, 3.63) is 77.9 Å². The van der Waals surface area contributed by atoms with Gasteiger partial charge in [0.15, 0.2) is 5.78 Å². The Balaban J connectivity index is 1.58. The highest BCUT2D eigenvalue weighted by molar-refractivity contribution is 5.99. The molecule has 0 fully saturated rings. The van der Waals surface area contributed by atoms with Crippen LogP contribution < -0.4 is 0 Å². The molecule has 2 aliphatic carbocycles. The van der Waals surface area contributed by atoms with Crippen LogP contribution in [-0.2, 0) is 4.79 Å². The zero-order valence-electron chi connectivity index (χ0n) is 13.9. The van der Waals surface area contributed by atoms with E-state index in [4.69, 9.17) is 0 Å².